The van der Waals surface area contributed by atoms with Gasteiger partial charge in [-0.3, -0.25) is 14.2 Å². The first-order valence-electron chi connectivity index (χ1n) is 6.16. The van der Waals surface area contributed by atoms with Crippen molar-refractivity contribution in [3.05, 3.63) is 27.9 Å². The molecule has 18 heavy (non-hydrogen) atoms. The zero-order valence-corrected chi connectivity index (χ0v) is 10.9. The Balaban J connectivity index is 2.03. The molecule has 6 heteroatoms. The predicted molar refractivity (Wildman–Crippen MR) is 68.6 cm³/mol. The Labute approximate surface area is 110 Å². The monoisotopic (exact) mass is 269 g/mol. The molecule has 1 fully saturated rings. The average molecular weight is 270 g/mol. The van der Waals surface area contributed by atoms with E-state index in [-0.39, 0.29) is 23.2 Å². The van der Waals surface area contributed by atoms with Crippen molar-refractivity contribution in [3.63, 3.8) is 0 Å². The van der Waals surface area contributed by atoms with Gasteiger partial charge in [0.1, 0.15) is 11.7 Å². The van der Waals surface area contributed by atoms with E-state index < -0.39 is 0 Å². The summed E-state index contributed by atoms with van der Waals surface area (Å²) in [5, 5.41) is 0.151. The Morgan fingerprint density at radius 1 is 1.28 bits per heavy atom. The molecule has 0 aromatic carbocycles. The normalized spacial score (nSPS) is 16.4. The van der Waals surface area contributed by atoms with E-state index >= 15 is 0 Å². The van der Waals surface area contributed by atoms with Crippen LogP contribution in [0.3, 0.4) is 0 Å². The molecule has 0 radical (unpaired) electrons. The van der Waals surface area contributed by atoms with Crippen molar-refractivity contribution >= 4 is 17.5 Å². The van der Waals surface area contributed by atoms with Gasteiger partial charge in [-0.25, -0.2) is 4.98 Å². The first kappa shape index (κ1) is 13.1. The maximum atomic E-state index is 12.1. The van der Waals surface area contributed by atoms with Gasteiger partial charge in [0.15, 0.2) is 0 Å². The molecule has 1 amide bonds. The Kier molecular flexibility index (Phi) is 4.36. The SMILES string of the molecule is O=C(Cn1cnc(Cl)cc1=O)N1CCCCCC1. The number of carbonyl (C=O) groups is 1. The summed E-state index contributed by atoms with van der Waals surface area (Å²) in [5.74, 6) is -0.0249. The summed E-state index contributed by atoms with van der Waals surface area (Å²) in [5.41, 5.74) is -0.293. The van der Waals surface area contributed by atoms with E-state index in [9.17, 15) is 9.59 Å². The molecule has 1 aromatic heterocycles. The number of rotatable bonds is 2. The molecular formula is C12H16ClN3O2. The molecule has 0 atom stereocenters. The first-order valence-corrected chi connectivity index (χ1v) is 6.54. The first-order chi connectivity index (χ1) is 8.66. The van der Waals surface area contributed by atoms with Gasteiger partial charge in [0.2, 0.25) is 5.91 Å². The summed E-state index contributed by atoms with van der Waals surface area (Å²) in [6.45, 7) is 1.62. The van der Waals surface area contributed by atoms with Crippen molar-refractivity contribution in [3.8, 4) is 0 Å². The molecule has 1 aliphatic rings. The van der Waals surface area contributed by atoms with Gasteiger partial charge in [-0.05, 0) is 12.8 Å². The Bertz CT molecular complexity index is 478. The van der Waals surface area contributed by atoms with E-state index in [1.807, 2.05) is 4.90 Å². The summed E-state index contributed by atoms with van der Waals surface area (Å²) in [4.78, 5) is 29.3. The van der Waals surface area contributed by atoms with Gasteiger partial charge in [-0.1, -0.05) is 24.4 Å². The second kappa shape index (κ2) is 6.00. The number of carbonyl (C=O) groups excluding carboxylic acids is 1. The quantitative estimate of drug-likeness (QED) is 0.761. The van der Waals surface area contributed by atoms with Crippen molar-refractivity contribution < 1.29 is 4.79 Å². The van der Waals surface area contributed by atoms with Crippen LogP contribution in [0.2, 0.25) is 5.15 Å². The summed E-state index contributed by atoms with van der Waals surface area (Å²) >= 11 is 5.60. The van der Waals surface area contributed by atoms with Crippen molar-refractivity contribution in [1.29, 1.82) is 0 Å². The third-order valence-corrected chi connectivity index (χ3v) is 3.32. The Hall–Kier alpha value is -1.36. The Morgan fingerprint density at radius 3 is 2.56 bits per heavy atom. The average Bonchev–Trinajstić information content (AvgIpc) is 2.61. The fraction of sp³-hybridized carbons (Fsp3) is 0.583. The van der Waals surface area contributed by atoms with Crippen molar-refractivity contribution in [2.45, 2.75) is 32.2 Å². The fourth-order valence-electron chi connectivity index (χ4n) is 2.09. The number of amides is 1. The lowest BCUT2D eigenvalue weighted by atomic mass is 10.2. The van der Waals surface area contributed by atoms with Crippen molar-refractivity contribution in [2.24, 2.45) is 0 Å². The molecule has 0 N–H and O–H groups in total. The molecule has 2 rings (SSSR count). The van der Waals surface area contributed by atoms with Gasteiger partial charge in [0, 0.05) is 19.2 Å². The fourth-order valence-corrected chi connectivity index (χ4v) is 2.23. The summed E-state index contributed by atoms with van der Waals surface area (Å²) in [6.07, 6.45) is 5.75. The summed E-state index contributed by atoms with van der Waals surface area (Å²) < 4.78 is 1.29. The third-order valence-electron chi connectivity index (χ3n) is 3.11. The molecule has 2 heterocycles. The van der Waals surface area contributed by atoms with E-state index in [1.165, 1.54) is 29.8 Å². The van der Waals surface area contributed by atoms with Crippen LogP contribution in [0.4, 0.5) is 0 Å². The number of hydrogen-bond donors (Lipinski definition) is 0. The number of halogens is 1. The lowest BCUT2D eigenvalue weighted by molar-refractivity contribution is -0.131. The molecule has 1 saturated heterocycles. The van der Waals surface area contributed by atoms with Gasteiger partial charge < -0.3 is 4.90 Å². The standard InChI is InChI=1S/C12H16ClN3O2/c13-10-7-11(17)16(9-14-10)8-12(18)15-5-3-1-2-4-6-15/h7,9H,1-6,8H2. The molecule has 0 aliphatic carbocycles. The highest BCUT2D eigenvalue weighted by Crippen LogP contribution is 2.10. The van der Waals surface area contributed by atoms with Gasteiger partial charge >= 0.3 is 0 Å². The van der Waals surface area contributed by atoms with E-state index in [2.05, 4.69) is 4.98 Å². The van der Waals surface area contributed by atoms with Crippen LogP contribution in [0, 0.1) is 0 Å². The van der Waals surface area contributed by atoms with Gasteiger partial charge in [0.05, 0.1) is 6.33 Å². The van der Waals surface area contributed by atoms with Crippen LogP contribution < -0.4 is 5.56 Å². The molecule has 0 saturated carbocycles. The van der Waals surface area contributed by atoms with E-state index in [0.717, 1.165) is 25.9 Å². The lowest BCUT2D eigenvalue weighted by Crippen LogP contribution is -2.37. The minimum Gasteiger partial charge on any atom is -0.341 e. The maximum Gasteiger partial charge on any atom is 0.255 e. The maximum absolute atomic E-state index is 12.1. The van der Waals surface area contributed by atoms with Crippen LogP contribution in [-0.2, 0) is 11.3 Å². The topological polar surface area (TPSA) is 55.2 Å². The molecule has 5 nitrogen and oxygen atoms in total. The van der Waals surface area contributed by atoms with Gasteiger partial charge in [-0.2, -0.15) is 0 Å². The molecule has 98 valence electrons. The minimum atomic E-state index is -0.293. The van der Waals surface area contributed by atoms with Crippen LogP contribution in [0.5, 0.6) is 0 Å². The smallest absolute Gasteiger partial charge is 0.255 e. The molecule has 1 aromatic rings. The minimum absolute atomic E-state index is 0.0249. The van der Waals surface area contributed by atoms with Crippen molar-refractivity contribution in [2.75, 3.05) is 13.1 Å². The van der Waals surface area contributed by atoms with Crippen LogP contribution in [0.1, 0.15) is 25.7 Å². The zero-order valence-electron chi connectivity index (χ0n) is 10.1. The number of nitrogens with zero attached hydrogens (tertiary/aromatic N) is 3. The second-order valence-corrected chi connectivity index (χ2v) is 4.86. The predicted octanol–water partition coefficient (Wildman–Crippen LogP) is 1.30. The van der Waals surface area contributed by atoms with Crippen LogP contribution >= 0.6 is 11.6 Å². The third kappa shape index (κ3) is 3.32. The van der Waals surface area contributed by atoms with Crippen LogP contribution in [-0.4, -0.2) is 33.4 Å². The second-order valence-electron chi connectivity index (χ2n) is 4.47. The van der Waals surface area contributed by atoms with E-state index in [1.54, 1.807) is 0 Å². The highest BCUT2D eigenvalue weighted by Gasteiger charge is 2.16. The van der Waals surface area contributed by atoms with Gasteiger partial charge in [0.25, 0.3) is 5.56 Å². The number of hydrogen-bond acceptors (Lipinski definition) is 3. The van der Waals surface area contributed by atoms with E-state index in [0.29, 0.717) is 0 Å². The lowest BCUT2D eigenvalue weighted by Gasteiger charge is -2.20. The summed E-state index contributed by atoms with van der Waals surface area (Å²) in [7, 11) is 0. The highest BCUT2D eigenvalue weighted by molar-refractivity contribution is 6.29. The summed E-state index contributed by atoms with van der Waals surface area (Å²) in [6, 6.07) is 1.22. The van der Waals surface area contributed by atoms with Crippen LogP contribution in [0.15, 0.2) is 17.2 Å². The molecule has 0 bridgehead atoms. The largest absolute Gasteiger partial charge is 0.341 e. The molecule has 1 aliphatic heterocycles. The van der Waals surface area contributed by atoms with Crippen molar-refractivity contribution in [1.82, 2.24) is 14.5 Å². The molecule has 0 unspecified atom stereocenters. The molecule has 0 spiro atoms. The van der Waals surface area contributed by atoms with E-state index in [4.69, 9.17) is 11.6 Å². The number of aromatic nitrogens is 2. The van der Waals surface area contributed by atoms with Crippen LogP contribution in [0.25, 0.3) is 0 Å². The Morgan fingerprint density at radius 2 is 1.94 bits per heavy atom. The molecular weight excluding hydrogens is 254 g/mol. The van der Waals surface area contributed by atoms with Gasteiger partial charge in [-0.15, -0.1) is 0 Å². The zero-order chi connectivity index (χ0) is 13.0. The highest BCUT2D eigenvalue weighted by atomic mass is 35.5. The number of likely N-dealkylation sites (tertiary alicyclic amines) is 1.